The molecular formula is C18H19NO5S. The first-order valence-electron chi connectivity index (χ1n) is 8.08. The van der Waals surface area contributed by atoms with E-state index >= 15 is 0 Å². The molecule has 1 aliphatic heterocycles. The Balaban J connectivity index is 1.66. The van der Waals surface area contributed by atoms with Crippen molar-refractivity contribution >= 4 is 23.2 Å². The van der Waals surface area contributed by atoms with Crippen LogP contribution < -0.4 is 5.63 Å². The van der Waals surface area contributed by atoms with Crippen LogP contribution in [0.25, 0.3) is 0 Å². The summed E-state index contributed by atoms with van der Waals surface area (Å²) in [5.74, 6) is -0.670. The number of amides is 1. The minimum absolute atomic E-state index is 0.0596. The highest BCUT2D eigenvalue weighted by Gasteiger charge is 2.31. The molecule has 3 heterocycles. The zero-order valence-corrected chi connectivity index (χ0v) is 14.9. The van der Waals surface area contributed by atoms with Gasteiger partial charge in [-0.2, -0.15) is 0 Å². The second-order valence-corrected chi connectivity index (χ2v) is 7.00. The van der Waals surface area contributed by atoms with Gasteiger partial charge in [0.15, 0.2) is 6.61 Å². The van der Waals surface area contributed by atoms with Gasteiger partial charge in [0.25, 0.3) is 5.91 Å². The number of hydrogen-bond donors (Lipinski definition) is 0. The Kier molecular flexibility index (Phi) is 5.03. The Labute approximate surface area is 149 Å². The van der Waals surface area contributed by atoms with Crippen molar-refractivity contribution in [3.05, 3.63) is 55.8 Å². The van der Waals surface area contributed by atoms with E-state index in [0.29, 0.717) is 12.1 Å². The molecule has 1 fully saturated rings. The lowest BCUT2D eigenvalue weighted by molar-refractivity contribution is -0.135. The number of nitrogens with zero attached hydrogens (tertiary/aromatic N) is 1. The molecule has 0 spiro atoms. The van der Waals surface area contributed by atoms with Crippen molar-refractivity contribution in [2.24, 2.45) is 0 Å². The van der Waals surface area contributed by atoms with Gasteiger partial charge in [0.1, 0.15) is 11.3 Å². The van der Waals surface area contributed by atoms with E-state index in [1.165, 1.54) is 13.0 Å². The summed E-state index contributed by atoms with van der Waals surface area (Å²) in [5.41, 5.74) is 0.158. The standard InChI is InChI=1S/C18H19NO5S/c1-11-9-16(21)24-12(2)17(11)18(22)23-10-15(20)19-7-3-5-13(19)14-6-4-8-25-14/h4,6,8-9,13H,3,5,7,10H2,1-2H3. The Hall–Kier alpha value is -2.41. The molecule has 3 rings (SSSR count). The number of esters is 1. The summed E-state index contributed by atoms with van der Waals surface area (Å²) >= 11 is 1.62. The quantitative estimate of drug-likeness (QED) is 0.783. The number of ether oxygens (including phenoxy) is 1. The SMILES string of the molecule is Cc1cc(=O)oc(C)c1C(=O)OCC(=O)N1CCCC1c1cccs1. The first kappa shape index (κ1) is 17.4. The van der Waals surface area contributed by atoms with Crippen LogP contribution in [0.2, 0.25) is 0 Å². The summed E-state index contributed by atoms with van der Waals surface area (Å²) in [6, 6.07) is 5.28. The second kappa shape index (κ2) is 7.23. The third kappa shape index (κ3) is 3.66. The van der Waals surface area contributed by atoms with Crippen LogP contribution >= 0.6 is 11.3 Å². The van der Waals surface area contributed by atoms with Gasteiger partial charge < -0.3 is 14.1 Å². The van der Waals surface area contributed by atoms with Crippen LogP contribution in [0.1, 0.15) is 45.4 Å². The number of hydrogen-bond acceptors (Lipinski definition) is 6. The summed E-state index contributed by atoms with van der Waals surface area (Å²) in [4.78, 5) is 39.0. The number of carbonyl (C=O) groups is 2. The van der Waals surface area contributed by atoms with E-state index in [-0.39, 0.29) is 29.9 Å². The van der Waals surface area contributed by atoms with E-state index in [2.05, 4.69) is 0 Å². The molecule has 1 unspecified atom stereocenters. The fraction of sp³-hybridized carbons (Fsp3) is 0.389. The lowest BCUT2D eigenvalue weighted by Crippen LogP contribution is -2.34. The summed E-state index contributed by atoms with van der Waals surface area (Å²) in [5, 5.41) is 1.99. The maximum absolute atomic E-state index is 12.5. The summed E-state index contributed by atoms with van der Waals surface area (Å²) < 4.78 is 10.1. The molecule has 0 bridgehead atoms. The average molecular weight is 361 g/mol. The highest BCUT2D eigenvalue weighted by Crippen LogP contribution is 2.34. The third-order valence-electron chi connectivity index (χ3n) is 4.31. The van der Waals surface area contributed by atoms with E-state index in [1.807, 2.05) is 17.5 Å². The molecule has 2 aromatic rings. The fourth-order valence-corrected chi connectivity index (χ4v) is 4.06. The number of likely N-dealkylation sites (tertiary alicyclic amines) is 1. The minimum atomic E-state index is -0.654. The first-order chi connectivity index (χ1) is 12.0. The molecule has 1 atom stereocenters. The molecule has 0 saturated carbocycles. The predicted octanol–water partition coefficient (Wildman–Crippen LogP) is 2.84. The summed E-state index contributed by atoms with van der Waals surface area (Å²) in [6.45, 7) is 3.51. The van der Waals surface area contributed by atoms with Crippen molar-refractivity contribution in [3.63, 3.8) is 0 Å². The van der Waals surface area contributed by atoms with Crippen molar-refractivity contribution in [1.29, 1.82) is 0 Å². The van der Waals surface area contributed by atoms with E-state index in [9.17, 15) is 14.4 Å². The maximum Gasteiger partial charge on any atom is 0.342 e. The van der Waals surface area contributed by atoms with Gasteiger partial charge >= 0.3 is 11.6 Å². The van der Waals surface area contributed by atoms with Gasteiger partial charge in [-0.1, -0.05) is 6.07 Å². The van der Waals surface area contributed by atoms with Gasteiger partial charge in [0, 0.05) is 17.5 Å². The van der Waals surface area contributed by atoms with Crippen LogP contribution in [-0.4, -0.2) is 29.9 Å². The number of rotatable bonds is 4. The topological polar surface area (TPSA) is 76.8 Å². The van der Waals surface area contributed by atoms with Crippen LogP contribution in [0.15, 0.2) is 32.8 Å². The first-order valence-corrected chi connectivity index (χ1v) is 8.96. The molecule has 1 amide bonds. The predicted molar refractivity (Wildman–Crippen MR) is 92.7 cm³/mol. The van der Waals surface area contributed by atoms with Crippen molar-refractivity contribution in [3.8, 4) is 0 Å². The molecule has 25 heavy (non-hydrogen) atoms. The lowest BCUT2D eigenvalue weighted by Gasteiger charge is -2.23. The van der Waals surface area contributed by atoms with Gasteiger partial charge in [0.05, 0.1) is 6.04 Å². The maximum atomic E-state index is 12.5. The van der Waals surface area contributed by atoms with Crippen molar-refractivity contribution < 1.29 is 18.7 Å². The smallest absolute Gasteiger partial charge is 0.342 e. The molecule has 132 valence electrons. The van der Waals surface area contributed by atoms with Gasteiger partial charge in [0.2, 0.25) is 0 Å². The van der Waals surface area contributed by atoms with Crippen molar-refractivity contribution in [2.45, 2.75) is 32.7 Å². The normalized spacial score (nSPS) is 16.9. The molecular weight excluding hydrogens is 342 g/mol. The summed E-state index contributed by atoms with van der Waals surface area (Å²) in [7, 11) is 0. The summed E-state index contributed by atoms with van der Waals surface area (Å²) in [6.07, 6.45) is 1.85. The molecule has 1 aliphatic rings. The average Bonchev–Trinajstić information content (AvgIpc) is 3.22. The minimum Gasteiger partial charge on any atom is -0.452 e. The highest BCUT2D eigenvalue weighted by molar-refractivity contribution is 7.10. The van der Waals surface area contributed by atoms with Crippen LogP contribution in [-0.2, 0) is 9.53 Å². The number of aryl methyl sites for hydroxylation is 2. The van der Waals surface area contributed by atoms with Gasteiger partial charge in [-0.25, -0.2) is 9.59 Å². The zero-order valence-electron chi connectivity index (χ0n) is 14.1. The second-order valence-electron chi connectivity index (χ2n) is 6.02. The van der Waals surface area contributed by atoms with Gasteiger partial charge in [-0.15, -0.1) is 11.3 Å². The number of carbonyl (C=O) groups excluding carboxylic acids is 2. The largest absolute Gasteiger partial charge is 0.452 e. The molecule has 7 heteroatoms. The molecule has 1 saturated heterocycles. The number of thiophene rings is 1. The Morgan fingerprint density at radius 1 is 1.40 bits per heavy atom. The van der Waals surface area contributed by atoms with Crippen LogP contribution in [0.3, 0.4) is 0 Å². The zero-order chi connectivity index (χ0) is 18.0. The van der Waals surface area contributed by atoms with Gasteiger partial charge in [-0.3, -0.25) is 4.79 Å². The van der Waals surface area contributed by atoms with E-state index in [0.717, 1.165) is 17.7 Å². The molecule has 0 aromatic carbocycles. The van der Waals surface area contributed by atoms with Crippen LogP contribution in [0.5, 0.6) is 0 Å². The molecule has 0 N–H and O–H groups in total. The van der Waals surface area contributed by atoms with Gasteiger partial charge in [-0.05, 0) is 43.7 Å². The Bertz CT molecular complexity index is 813. The lowest BCUT2D eigenvalue weighted by atomic mass is 10.1. The molecule has 2 aromatic heterocycles. The highest BCUT2D eigenvalue weighted by atomic mass is 32.1. The molecule has 0 aliphatic carbocycles. The van der Waals surface area contributed by atoms with Crippen molar-refractivity contribution in [2.75, 3.05) is 13.2 Å². The van der Waals surface area contributed by atoms with E-state index in [4.69, 9.17) is 9.15 Å². The molecule has 6 nitrogen and oxygen atoms in total. The van der Waals surface area contributed by atoms with Crippen LogP contribution in [0, 0.1) is 13.8 Å². The van der Waals surface area contributed by atoms with Crippen LogP contribution in [0.4, 0.5) is 0 Å². The van der Waals surface area contributed by atoms with E-state index < -0.39 is 11.6 Å². The van der Waals surface area contributed by atoms with E-state index in [1.54, 1.807) is 23.2 Å². The fourth-order valence-electron chi connectivity index (χ4n) is 3.19. The Morgan fingerprint density at radius 2 is 2.20 bits per heavy atom. The Morgan fingerprint density at radius 3 is 2.88 bits per heavy atom. The third-order valence-corrected chi connectivity index (χ3v) is 5.28. The van der Waals surface area contributed by atoms with Crippen molar-refractivity contribution in [1.82, 2.24) is 4.90 Å². The molecule has 0 radical (unpaired) electrons. The monoisotopic (exact) mass is 361 g/mol.